The van der Waals surface area contributed by atoms with Crippen LogP contribution in [-0.4, -0.2) is 19.8 Å². The summed E-state index contributed by atoms with van der Waals surface area (Å²) in [4.78, 5) is 4.84. The average Bonchev–Trinajstić information content (AvgIpc) is 3.14. The second-order valence-corrected chi connectivity index (χ2v) is 9.82. The van der Waals surface area contributed by atoms with Gasteiger partial charge in [0.05, 0.1) is 5.69 Å². The topological polar surface area (TPSA) is 58.3 Å². The van der Waals surface area contributed by atoms with Crippen LogP contribution in [0.5, 0.6) is 11.5 Å². The van der Waals surface area contributed by atoms with Gasteiger partial charge in [-0.15, -0.1) is 0 Å². The molecule has 0 unspecified atom stereocenters. The molecule has 3 aromatic rings. The van der Waals surface area contributed by atoms with Gasteiger partial charge in [0.15, 0.2) is 0 Å². The number of aromatic hydroxyl groups is 2. The highest BCUT2D eigenvalue weighted by atomic mass is 16.3. The third kappa shape index (κ3) is 6.88. The Kier molecular flexibility index (Phi) is 9.62. The van der Waals surface area contributed by atoms with Gasteiger partial charge >= 0.3 is 0 Å². The second kappa shape index (κ2) is 12.6. The van der Waals surface area contributed by atoms with E-state index in [2.05, 4.69) is 17.7 Å². The normalized spacial score (nSPS) is 11.7. The molecule has 0 fully saturated rings. The molecule has 0 bridgehead atoms. The van der Waals surface area contributed by atoms with E-state index in [0.29, 0.717) is 0 Å². The van der Waals surface area contributed by atoms with E-state index < -0.39 is 0 Å². The maximum atomic E-state index is 9.96. The Labute approximate surface area is 205 Å². The van der Waals surface area contributed by atoms with Gasteiger partial charge in [0, 0.05) is 25.1 Å². The zero-order valence-corrected chi connectivity index (χ0v) is 21.3. The summed E-state index contributed by atoms with van der Waals surface area (Å²) >= 11 is 0. The number of benzene rings is 2. The summed E-state index contributed by atoms with van der Waals surface area (Å²) in [5.41, 5.74) is 3.15. The number of hydrogen-bond donors (Lipinski definition) is 2. The molecule has 4 nitrogen and oxygen atoms in total. The van der Waals surface area contributed by atoms with E-state index in [1.54, 1.807) is 24.3 Å². The largest absolute Gasteiger partial charge is 0.508 e. The Morgan fingerprint density at radius 3 is 1.65 bits per heavy atom. The SMILES string of the molecule is CCCCCCCCCCCC(Cc1cn(C)c(C)n1)(c1ccc(O)cc1)c1ccc(O)cc1. The summed E-state index contributed by atoms with van der Waals surface area (Å²) in [6, 6.07) is 15.3. The zero-order valence-electron chi connectivity index (χ0n) is 21.3. The highest BCUT2D eigenvalue weighted by molar-refractivity contribution is 5.44. The smallest absolute Gasteiger partial charge is 0.115 e. The Hall–Kier alpha value is -2.75. The molecule has 0 amide bonds. The molecule has 0 aliphatic carbocycles. The molecule has 34 heavy (non-hydrogen) atoms. The van der Waals surface area contributed by atoms with Crippen LogP contribution in [0.2, 0.25) is 0 Å². The molecule has 2 aromatic carbocycles. The van der Waals surface area contributed by atoms with Gasteiger partial charge in [-0.25, -0.2) is 4.98 Å². The van der Waals surface area contributed by atoms with E-state index >= 15 is 0 Å². The fraction of sp³-hybridized carbons (Fsp3) is 0.500. The lowest BCUT2D eigenvalue weighted by Gasteiger charge is -2.35. The van der Waals surface area contributed by atoms with Crippen LogP contribution in [0.15, 0.2) is 54.7 Å². The number of nitrogens with zero attached hydrogens (tertiary/aromatic N) is 2. The number of phenolic OH excluding ortho intramolecular Hbond substituents is 2. The Balaban J connectivity index is 1.83. The van der Waals surface area contributed by atoms with Gasteiger partial charge in [-0.1, -0.05) is 89.0 Å². The van der Waals surface area contributed by atoms with Crippen molar-refractivity contribution in [3.05, 3.63) is 77.4 Å². The number of hydrogen-bond acceptors (Lipinski definition) is 3. The summed E-state index contributed by atoms with van der Waals surface area (Å²) in [7, 11) is 2.04. The lowest BCUT2D eigenvalue weighted by Crippen LogP contribution is -2.31. The molecule has 0 saturated heterocycles. The molecule has 0 aliphatic rings. The van der Waals surface area contributed by atoms with Crippen LogP contribution >= 0.6 is 0 Å². The summed E-state index contributed by atoms with van der Waals surface area (Å²) in [6.45, 7) is 4.30. The van der Waals surface area contributed by atoms with Gasteiger partial charge in [0.25, 0.3) is 0 Å². The van der Waals surface area contributed by atoms with Crippen molar-refractivity contribution in [3.63, 3.8) is 0 Å². The van der Waals surface area contributed by atoms with Crippen molar-refractivity contribution in [2.24, 2.45) is 7.05 Å². The van der Waals surface area contributed by atoms with Crippen molar-refractivity contribution in [1.29, 1.82) is 0 Å². The van der Waals surface area contributed by atoms with E-state index in [4.69, 9.17) is 4.98 Å². The molecule has 4 heteroatoms. The minimum atomic E-state index is -0.274. The van der Waals surface area contributed by atoms with Crippen LogP contribution in [0.1, 0.15) is 93.8 Å². The first kappa shape index (κ1) is 25.9. The Morgan fingerprint density at radius 2 is 1.21 bits per heavy atom. The summed E-state index contributed by atoms with van der Waals surface area (Å²) in [5, 5.41) is 19.9. The van der Waals surface area contributed by atoms with Crippen molar-refractivity contribution >= 4 is 0 Å². The summed E-state index contributed by atoms with van der Waals surface area (Å²) in [5.74, 6) is 1.56. The number of aryl methyl sites for hydroxylation is 2. The molecule has 3 rings (SSSR count). The third-order valence-electron chi connectivity index (χ3n) is 7.19. The van der Waals surface area contributed by atoms with Gasteiger partial charge in [-0.2, -0.15) is 0 Å². The van der Waals surface area contributed by atoms with Crippen molar-refractivity contribution in [2.75, 3.05) is 0 Å². The minimum absolute atomic E-state index is 0.274. The molecule has 1 heterocycles. The molecular weight excluding hydrogens is 420 g/mol. The molecule has 0 radical (unpaired) electrons. The third-order valence-corrected chi connectivity index (χ3v) is 7.19. The lowest BCUT2D eigenvalue weighted by atomic mass is 9.68. The van der Waals surface area contributed by atoms with E-state index in [1.807, 2.05) is 38.2 Å². The van der Waals surface area contributed by atoms with E-state index in [9.17, 15) is 10.2 Å². The summed E-state index contributed by atoms with van der Waals surface area (Å²) < 4.78 is 2.08. The highest BCUT2D eigenvalue weighted by Crippen LogP contribution is 2.41. The van der Waals surface area contributed by atoms with Crippen LogP contribution in [0, 0.1) is 6.92 Å². The molecule has 2 N–H and O–H groups in total. The van der Waals surface area contributed by atoms with E-state index in [-0.39, 0.29) is 16.9 Å². The van der Waals surface area contributed by atoms with Gasteiger partial charge in [0.2, 0.25) is 0 Å². The number of imidazole rings is 1. The van der Waals surface area contributed by atoms with Crippen LogP contribution < -0.4 is 0 Å². The van der Waals surface area contributed by atoms with E-state index in [1.165, 1.54) is 62.5 Å². The molecule has 184 valence electrons. The van der Waals surface area contributed by atoms with Crippen LogP contribution in [-0.2, 0) is 18.9 Å². The number of phenols is 2. The van der Waals surface area contributed by atoms with Gasteiger partial charge < -0.3 is 14.8 Å². The van der Waals surface area contributed by atoms with Crippen molar-refractivity contribution < 1.29 is 10.2 Å². The van der Waals surface area contributed by atoms with Crippen LogP contribution in [0.25, 0.3) is 0 Å². The summed E-state index contributed by atoms with van der Waals surface area (Å²) in [6.07, 6.45) is 15.6. The molecule has 0 spiro atoms. The fourth-order valence-electron chi connectivity index (χ4n) is 5.07. The fourth-order valence-corrected chi connectivity index (χ4v) is 5.07. The predicted octanol–water partition coefficient (Wildman–Crippen LogP) is 7.59. The average molecular weight is 463 g/mol. The Morgan fingerprint density at radius 1 is 0.735 bits per heavy atom. The van der Waals surface area contributed by atoms with Crippen LogP contribution in [0.4, 0.5) is 0 Å². The van der Waals surface area contributed by atoms with Crippen molar-refractivity contribution in [3.8, 4) is 11.5 Å². The second-order valence-electron chi connectivity index (χ2n) is 9.82. The molecule has 0 aliphatic heterocycles. The maximum Gasteiger partial charge on any atom is 0.115 e. The van der Waals surface area contributed by atoms with Gasteiger partial charge in [0.1, 0.15) is 17.3 Å². The Bertz CT molecular complexity index is 925. The maximum absolute atomic E-state index is 9.96. The van der Waals surface area contributed by atoms with Crippen LogP contribution in [0.3, 0.4) is 0 Å². The molecule has 1 aromatic heterocycles. The quantitative estimate of drug-likeness (QED) is 0.243. The molecular formula is C30H42N2O2. The number of aromatic nitrogens is 2. The number of unbranched alkanes of at least 4 members (excludes halogenated alkanes) is 8. The molecule has 0 atom stereocenters. The first-order valence-electron chi connectivity index (χ1n) is 13.0. The first-order chi connectivity index (χ1) is 16.4. The van der Waals surface area contributed by atoms with Crippen molar-refractivity contribution in [2.45, 2.75) is 89.9 Å². The lowest BCUT2D eigenvalue weighted by molar-refractivity contribution is 0.427. The number of rotatable bonds is 14. The zero-order chi connectivity index (χ0) is 24.4. The molecule has 0 saturated carbocycles. The van der Waals surface area contributed by atoms with Gasteiger partial charge in [-0.05, 0) is 48.7 Å². The van der Waals surface area contributed by atoms with E-state index in [0.717, 1.165) is 30.8 Å². The predicted molar refractivity (Wildman–Crippen MR) is 140 cm³/mol. The minimum Gasteiger partial charge on any atom is -0.508 e. The first-order valence-corrected chi connectivity index (χ1v) is 13.0. The monoisotopic (exact) mass is 462 g/mol. The highest BCUT2D eigenvalue weighted by Gasteiger charge is 2.35. The standard InChI is InChI=1S/C30H42N2O2/c1-4-5-6-7-8-9-10-11-12-21-30(25-13-17-28(33)18-14-25,26-15-19-29(34)20-16-26)22-27-23-32(3)24(2)31-27/h13-20,23,33-34H,4-12,21-22H2,1-3H3. The van der Waals surface area contributed by atoms with Crippen molar-refractivity contribution in [1.82, 2.24) is 9.55 Å². The van der Waals surface area contributed by atoms with Gasteiger partial charge in [-0.3, -0.25) is 0 Å².